The van der Waals surface area contributed by atoms with E-state index < -0.39 is 17.5 Å². The molecule has 1 aromatic carbocycles. The Balaban J connectivity index is 2.55. The van der Waals surface area contributed by atoms with Crippen LogP contribution in [0.15, 0.2) is 30.5 Å². The van der Waals surface area contributed by atoms with Gasteiger partial charge >= 0.3 is 6.18 Å². The third kappa shape index (κ3) is 2.96. The largest absolute Gasteiger partial charge is 0.416 e. The van der Waals surface area contributed by atoms with E-state index in [1.807, 2.05) is 0 Å². The zero-order valence-corrected chi connectivity index (χ0v) is 11.0. The molecule has 0 atom stereocenters. The zero-order chi connectivity index (χ0) is 15.8. The molecular weight excluding hydrogens is 283 g/mol. The highest BCUT2D eigenvalue weighted by molar-refractivity contribution is 6.14. The fourth-order valence-electron chi connectivity index (χ4n) is 1.84. The number of ketones is 1. The van der Waals surface area contributed by atoms with E-state index in [-0.39, 0.29) is 22.6 Å². The maximum Gasteiger partial charge on any atom is 0.416 e. The van der Waals surface area contributed by atoms with Gasteiger partial charge in [-0.3, -0.25) is 4.79 Å². The molecule has 4 nitrogen and oxygen atoms in total. The first-order valence-electron chi connectivity index (χ1n) is 5.93. The lowest BCUT2D eigenvalue weighted by Gasteiger charge is -2.11. The van der Waals surface area contributed by atoms with Gasteiger partial charge in [0.2, 0.25) is 0 Å². The number of aromatic nitrogens is 1. The van der Waals surface area contributed by atoms with Crippen LogP contribution in [-0.2, 0) is 6.18 Å². The van der Waals surface area contributed by atoms with Crippen molar-refractivity contribution in [1.29, 1.82) is 0 Å². The van der Waals surface area contributed by atoms with Crippen LogP contribution in [0.4, 0.5) is 24.7 Å². The predicted molar refractivity (Wildman–Crippen MR) is 72.7 cm³/mol. The van der Waals surface area contributed by atoms with Crippen LogP contribution in [0.1, 0.15) is 27.0 Å². The van der Waals surface area contributed by atoms with Crippen LogP contribution in [0.5, 0.6) is 0 Å². The summed E-state index contributed by atoms with van der Waals surface area (Å²) in [5.41, 5.74) is 10.7. The fraction of sp³-hybridized carbons (Fsp3) is 0.143. The molecule has 7 heteroatoms. The number of pyridine rings is 1. The fourth-order valence-corrected chi connectivity index (χ4v) is 1.84. The van der Waals surface area contributed by atoms with Gasteiger partial charge in [-0.05, 0) is 36.8 Å². The van der Waals surface area contributed by atoms with Crippen molar-refractivity contribution < 1.29 is 18.0 Å². The monoisotopic (exact) mass is 295 g/mol. The van der Waals surface area contributed by atoms with E-state index in [1.54, 1.807) is 6.92 Å². The van der Waals surface area contributed by atoms with Crippen LogP contribution < -0.4 is 11.5 Å². The minimum Gasteiger partial charge on any atom is -0.398 e. The second-order valence-corrected chi connectivity index (χ2v) is 4.57. The molecule has 0 aliphatic rings. The molecule has 4 N–H and O–H groups in total. The molecule has 0 amide bonds. The minimum absolute atomic E-state index is 0.0287. The first kappa shape index (κ1) is 14.8. The van der Waals surface area contributed by atoms with Crippen molar-refractivity contribution in [1.82, 2.24) is 4.98 Å². The molecule has 0 unspecified atom stereocenters. The van der Waals surface area contributed by atoms with Gasteiger partial charge in [0.15, 0.2) is 5.78 Å². The number of benzene rings is 1. The third-order valence-corrected chi connectivity index (χ3v) is 2.93. The molecule has 1 aromatic heterocycles. The molecule has 0 bridgehead atoms. The van der Waals surface area contributed by atoms with Gasteiger partial charge in [0.05, 0.1) is 11.1 Å². The Labute approximate surface area is 118 Å². The number of nitrogen functional groups attached to an aromatic ring is 2. The van der Waals surface area contributed by atoms with Gasteiger partial charge in [-0.1, -0.05) is 0 Å². The zero-order valence-electron chi connectivity index (χ0n) is 11.0. The van der Waals surface area contributed by atoms with Crippen molar-refractivity contribution in [3.8, 4) is 0 Å². The average molecular weight is 295 g/mol. The van der Waals surface area contributed by atoms with Gasteiger partial charge in [-0.25, -0.2) is 4.98 Å². The summed E-state index contributed by atoms with van der Waals surface area (Å²) in [6.07, 6.45) is -3.10. The summed E-state index contributed by atoms with van der Waals surface area (Å²) in [4.78, 5) is 16.2. The summed E-state index contributed by atoms with van der Waals surface area (Å²) in [6, 6.07) is 4.06. The van der Waals surface area contributed by atoms with Gasteiger partial charge in [-0.2, -0.15) is 13.2 Å². The van der Waals surface area contributed by atoms with E-state index in [4.69, 9.17) is 11.5 Å². The highest BCUT2D eigenvalue weighted by Gasteiger charge is 2.31. The summed E-state index contributed by atoms with van der Waals surface area (Å²) in [5.74, 6) is -0.741. The van der Waals surface area contributed by atoms with Gasteiger partial charge in [0, 0.05) is 17.4 Å². The molecule has 0 saturated heterocycles. The molecule has 110 valence electrons. The van der Waals surface area contributed by atoms with Crippen LogP contribution in [-0.4, -0.2) is 10.8 Å². The van der Waals surface area contributed by atoms with Gasteiger partial charge in [0.25, 0.3) is 0 Å². The summed E-state index contributed by atoms with van der Waals surface area (Å²) in [7, 11) is 0. The number of halogens is 3. The van der Waals surface area contributed by atoms with Crippen molar-refractivity contribution in [2.24, 2.45) is 0 Å². The van der Waals surface area contributed by atoms with Crippen LogP contribution in [0.2, 0.25) is 0 Å². The van der Waals surface area contributed by atoms with Gasteiger partial charge < -0.3 is 11.5 Å². The molecule has 0 spiro atoms. The highest BCUT2D eigenvalue weighted by atomic mass is 19.4. The summed E-state index contributed by atoms with van der Waals surface area (Å²) >= 11 is 0. The molecule has 2 aromatic rings. The molecule has 2 rings (SSSR count). The molecule has 0 radical (unpaired) electrons. The Bertz CT molecular complexity index is 711. The summed E-state index contributed by atoms with van der Waals surface area (Å²) in [6.45, 7) is 1.69. The van der Waals surface area contributed by atoms with Crippen molar-refractivity contribution in [3.63, 3.8) is 0 Å². The minimum atomic E-state index is -4.56. The quantitative estimate of drug-likeness (QED) is 0.659. The molecule has 21 heavy (non-hydrogen) atoms. The lowest BCUT2D eigenvalue weighted by molar-refractivity contribution is -0.137. The number of hydrogen-bond donors (Lipinski definition) is 2. The normalized spacial score (nSPS) is 11.4. The Morgan fingerprint density at radius 3 is 2.43 bits per heavy atom. The number of hydrogen-bond acceptors (Lipinski definition) is 4. The SMILES string of the molecule is Cc1cnc(N)c(C(=O)c2cc(C(F)(F)F)ccc2N)c1. The molecule has 0 aliphatic carbocycles. The predicted octanol–water partition coefficient (Wildman–Crippen LogP) is 2.80. The van der Waals surface area contributed by atoms with Crippen molar-refractivity contribution in [2.75, 3.05) is 11.5 Å². The number of nitrogens with zero attached hydrogens (tertiary/aromatic N) is 1. The first-order chi connectivity index (χ1) is 9.70. The number of carbonyl (C=O) groups excluding carboxylic acids is 1. The summed E-state index contributed by atoms with van der Waals surface area (Å²) < 4.78 is 38.2. The van der Waals surface area contributed by atoms with Gasteiger partial charge in [0.1, 0.15) is 5.82 Å². The first-order valence-corrected chi connectivity index (χ1v) is 5.93. The second-order valence-electron chi connectivity index (χ2n) is 4.57. The molecule has 0 fully saturated rings. The maximum absolute atomic E-state index is 12.7. The number of aryl methyl sites for hydroxylation is 1. The number of anilines is 2. The van der Waals surface area contributed by atoms with E-state index in [1.165, 1.54) is 12.3 Å². The van der Waals surface area contributed by atoms with Crippen molar-refractivity contribution >= 4 is 17.3 Å². The highest BCUT2D eigenvalue weighted by Crippen LogP contribution is 2.32. The van der Waals surface area contributed by atoms with Crippen molar-refractivity contribution in [2.45, 2.75) is 13.1 Å². The van der Waals surface area contributed by atoms with E-state index in [0.717, 1.165) is 18.2 Å². The Kier molecular flexibility index (Phi) is 3.59. The van der Waals surface area contributed by atoms with Crippen LogP contribution >= 0.6 is 0 Å². The standard InChI is InChI=1S/C14H12F3N3O/c1-7-4-10(13(19)20-6-7)12(21)9-5-8(14(15,16)17)2-3-11(9)18/h2-6H,18H2,1H3,(H2,19,20). The number of nitrogens with two attached hydrogens (primary N) is 2. The Morgan fingerprint density at radius 2 is 1.81 bits per heavy atom. The molecule has 1 heterocycles. The molecule has 0 aliphatic heterocycles. The maximum atomic E-state index is 12.7. The number of alkyl halides is 3. The second kappa shape index (κ2) is 5.08. The van der Waals surface area contributed by atoms with E-state index >= 15 is 0 Å². The molecular formula is C14H12F3N3O. The lowest BCUT2D eigenvalue weighted by Crippen LogP contribution is -2.12. The Hall–Kier alpha value is -2.57. The van der Waals surface area contributed by atoms with Crippen LogP contribution in [0.3, 0.4) is 0 Å². The van der Waals surface area contributed by atoms with E-state index in [2.05, 4.69) is 4.98 Å². The van der Waals surface area contributed by atoms with Crippen LogP contribution in [0, 0.1) is 6.92 Å². The van der Waals surface area contributed by atoms with Gasteiger partial charge in [-0.15, -0.1) is 0 Å². The van der Waals surface area contributed by atoms with Crippen molar-refractivity contribution in [3.05, 3.63) is 52.7 Å². The topological polar surface area (TPSA) is 82.0 Å². The smallest absolute Gasteiger partial charge is 0.398 e. The van der Waals surface area contributed by atoms with E-state index in [0.29, 0.717) is 5.56 Å². The number of carbonyl (C=O) groups is 1. The molecule has 0 saturated carbocycles. The van der Waals surface area contributed by atoms with Crippen LogP contribution in [0.25, 0.3) is 0 Å². The Morgan fingerprint density at radius 1 is 1.14 bits per heavy atom. The third-order valence-electron chi connectivity index (χ3n) is 2.93. The van der Waals surface area contributed by atoms with E-state index in [9.17, 15) is 18.0 Å². The number of rotatable bonds is 2. The lowest BCUT2D eigenvalue weighted by atomic mass is 9.99. The summed E-state index contributed by atoms with van der Waals surface area (Å²) in [5, 5.41) is 0. The average Bonchev–Trinajstić information content (AvgIpc) is 2.40.